The zero-order valence-electron chi connectivity index (χ0n) is 14.5. The molecule has 0 saturated heterocycles. The van der Waals surface area contributed by atoms with Gasteiger partial charge in [-0.05, 0) is 30.4 Å². The third kappa shape index (κ3) is 4.63. The van der Waals surface area contributed by atoms with Crippen LogP contribution in [0.2, 0.25) is 0 Å². The van der Waals surface area contributed by atoms with Crippen LogP contribution < -0.4 is 5.32 Å². The minimum absolute atomic E-state index is 0.0981. The van der Waals surface area contributed by atoms with Crippen LogP contribution in [0.4, 0.5) is 13.2 Å². The van der Waals surface area contributed by atoms with E-state index in [0.29, 0.717) is 22.8 Å². The Balaban J connectivity index is 1.62. The Morgan fingerprint density at radius 1 is 1.31 bits per heavy atom. The Kier molecular flexibility index (Phi) is 5.37. The van der Waals surface area contributed by atoms with Crippen molar-refractivity contribution in [3.8, 4) is 10.6 Å². The molecule has 1 saturated carbocycles. The van der Waals surface area contributed by atoms with Crippen molar-refractivity contribution in [3.63, 3.8) is 0 Å². The van der Waals surface area contributed by atoms with Gasteiger partial charge >= 0.3 is 6.18 Å². The lowest BCUT2D eigenvalue weighted by Gasteiger charge is -2.23. The fourth-order valence-electron chi connectivity index (χ4n) is 3.29. The molecule has 3 rings (SSSR count). The summed E-state index contributed by atoms with van der Waals surface area (Å²) >= 11 is 1.25. The van der Waals surface area contributed by atoms with E-state index in [1.807, 2.05) is 0 Å². The minimum Gasteiger partial charge on any atom is -0.355 e. The monoisotopic (exact) mass is 382 g/mol. The van der Waals surface area contributed by atoms with Crippen LogP contribution in [0.3, 0.4) is 0 Å². The fourth-order valence-corrected chi connectivity index (χ4v) is 4.11. The summed E-state index contributed by atoms with van der Waals surface area (Å²) in [5.41, 5.74) is 0.474. The molecule has 1 aliphatic rings. The summed E-state index contributed by atoms with van der Waals surface area (Å²) in [6, 6.07) is 5.09. The molecule has 0 radical (unpaired) electrons. The first-order chi connectivity index (χ1) is 12.3. The maximum absolute atomic E-state index is 12.8. The van der Waals surface area contributed by atoms with E-state index in [1.165, 1.54) is 30.2 Å². The van der Waals surface area contributed by atoms with Crippen molar-refractivity contribution >= 4 is 17.2 Å². The average Bonchev–Trinajstić information content (AvgIpc) is 3.22. The molecule has 2 aromatic rings. The third-order valence-corrected chi connectivity index (χ3v) is 5.79. The molecular weight excluding hydrogens is 361 g/mol. The minimum atomic E-state index is -4.38. The Hall–Kier alpha value is -1.89. The second kappa shape index (κ2) is 7.39. The summed E-state index contributed by atoms with van der Waals surface area (Å²) < 4.78 is 38.5. The Morgan fingerprint density at radius 2 is 2.04 bits per heavy atom. The molecule has 0 unspecified atom stereocenters. The van der Waals surface area contributed by atoms with Crippen LogP contribution >= 0.6 is 11.3 Å². The first-order valence-electron chi connectivity index (χ1n) is 8.64. The highest BCUT2D eigenvalue weighted by atomic mass is 32.1. The highest BCUT2D eigenvalue weighted by molar-refractivity contribution is 7.13. The molecule has 0 spiro atoms. The molecule has 26 heavy (non-hydrogen) atoms. The van der Waals surface area contributed by atoms with Crippen molar-refractivity contribution in [2.45, 2.75) is 45.2 Å². The van der Waals surface area contributed by atoms with Gasteiger partial charge in [0.2, 0.25) is 5.91 Å². The van der Waals surface area contributed by atoms with Gasteiger partial charge < -0.3 is 5.32 Å². The normalized spacial score (nSPS) is 16.6. The SMILES string of the molecule is CC1(CNC(=O)Cc2csc(-c3cccc(C(F)(F)F)c3)n2)CCCC1. The lowest BCUT2D eigenvalue weighted by Crippen LogP contribution is -2.35. The van der Waals surface area contributed by atoms with Gasteiger partial charge in [0, 0.05) is 17.5 Å². The van der Waals surface area contributed by atoms with E-state index >= 15 is 0 Å². The maximum Gasteiger partial charge on any atom is 0.416 e. The summed E-state index contributed by atoms with van der Waals surface area (Å²) in [5, 5.41) is 5.18. The van der Waals surface area contributed by atoms with E-state index < -0.39 is 11.7 Å². The van der Waals surface area contributed by atoms with Crippen LogP contribution in [0.15, 0.2) is 29.6 Å². The standard InChI is InChI=1S/C19H21F3N2OS/c1-18(7-2-3-8-18)12-23-16(25)10-15-11-26-17(24-15)13-5-4-6-14(9-13)19(20,21)22/h4-6,9,11H,2-3,7-8,10,12H2,1H3,(H,23,25). The molecule has 1 heterocycles. The number of hydrogen-bond donors (Lipinski definition) is 1. The predicted octanol–water partition coefficient (Wildman–Crippen LogP) is 5.07. The number of thiazole rings is 1. The second-order valence-corrected chi connectivity index (χ2v) is 8.05. The highest BCUT2D eigenvalue weighted by Crippen LogP contribution is 2.36. The number of hydrogen-bond acceptors (Lipinski definition) is 3. The van der Waals surface area contributed by atoms with Gasteiger partial charge in [-0.3, -0.25) is 4.79 Å². The number of nitrogens with one attached hydrogen (secondary N) is 1. The van der Waals surface area contributed by atoms with E-state index in [0.717, 1.165) is 25.0 Å². The second-order valence-electron chi connectivity index (χ2n) is 7.19. The van der Waals surface area contributed by atoms with E-state index in [1.54, 1.807) is 11.4 Å². The first-order valence-corrected chi connectivity index (χ1v) is 9.52. The quantitative estimate of drug-likeness (QED) is 0.785. The summed E-state index contributed by atoms with van der Waals surface area (Å²) in [6.07, 6.45) is 0.433. The van der Waals surface area contributed by atoms with Gasteiger partial charge in [0.25, 0.3) is 0 Å². The van der Waals surface area contributed by atoms with Gasteiger partial charge in [0.15, 0.2) is 0 Å². The number of carbonyl (C=O) groups excluding carboxylic acids is 1. The average molecular weight is 382 g/mol. The molecule has 0 aliphatic heterocycles. The Labute approximate surface area is 154 Å². The molecule has 140 valence electrons. The summed E-state index contributed by atoms with van der Waals surface area (Å²) in [5.74, 6) is -0.0981. The van der Waals surface area contributed by atoms with Crippen molar-refractivity contribution in [1.82, 2.24) is 10.3 Å². The Morgan fingerprint density at radius 3 is 2.73 bits per heavy atom. The van der Waals surface area contributed by atoms with Crippen LogP contribution in [-0.2, 0) is 17.4 Å². The van der Waals surface area contributed by atoms with Crippen molar-refractivity contribution in [2.24, 2.45) is 5.41 Å². The van der Waals surface area contributed by atoms with Gasteiger partial charge in [-0.1, -0.05) is 31.9 Å². The van der Waals surface area contributed by atoms with Crippen LogP contribution in [0.25, 0.3) is 10.6 Å². The number of halogens is 3. The highest BCUT2D eigenvalue weighted by Gasteiger charge is 2.31. The molecule has 0 bridgehead atoms. The topological polar surface area (TPSA) is 42.0 Å². The van der Waals surface area contributed by atoms with E-state index in [9.17, 15) is 18.0 Å². The van der Waals surface area contributed by atoms with E-state index in [4.69, 9.17) is 0 Å². The number of amides is 1. The van der Waals surface area contributed by atoms with Crippen molar-refractivity contribution in [2.75, 3.05) is 6.54 Å². The first kappa shape index (κ1) is 18.9. The Bertz CT molecular complexity index is 779. The fraction of sp³-hybridized carbons (Fsp3) is 0.474. The third-order valence-electron chi connectivity index (χ3n) is 4.85. The molecular formula is C19H21F3N2OS. The largest absolute Gasteiger partial charge is 0.416 e. The van der Waals surface area contributed by atoms with Gasteiger partial charge in [-0.15, -0.1) is 11.3 Å². The molecule has 3 nitrogen and oxygen atoms in total. The zero-order chi connectivity index (χ0) is 18.8. The predicted molar refractivity (Wildman–Crippen MR) is 95.8 cm³/mol. The van der Waals surface area contributed by atoms with Crippen molar-refractivity contribution in [3.05, 3.63) is 40.9 Å². The molecule has 1 aromatic heterocycles. The van der Waals surface area contributed by atoms with Gasteiger partial charge in [-0.2, -0.15) is 13.2 Å². The molecule has 0 atom stereocenters. The maximum atomic E-state index is 12.8. The lowest BCUT2D eigenvalue weighted by atomic mass is 9.89. The summed E-state index contributed by atoms with van der Waals surface area (Å²) in [6.45, 7) is 2.85. The number of alkyl halides is 3. The molecule has 1 amide bonds. The smallest absolute Gasteiger partial charge is 0.355 e. The molecule has 1 aromatic carbocycles. The molecule has 1 N–H and O–H groups in total. The molecule has 1 fully saturated rings. The zero-order valence-corrected chi connectivity index (χ0v) is 15.3. The number of aromatic nitrogens is 1. The van der Waals surface area contributed by atoms with E-state index in [-0.39, 0.29) is 17.7 Å². The number of nitrogens with zero attached hydrogens (tertiary/aromatic N) is 1. The van der Waals surface area contributed by atoms with Gasteiger partial charge in [0.1, 0.15) is 5.01 Å². The van der Waals surface area contributed by atoms with Crippen molar-refractivity contribution < 1.29 is 18.0 Å². The van der Waals surface area contributed by atoms with E-state index in [2.05, 4.69) is 17.2 Å². The van der Waals surface area contributed by atoms with Crippen molar-refractivity contribution in [1.29, 1.82) is 0 Å². The van der Waals surface area contributed by atoms with Crippen LogP contribution in [-0.4, -0.2) is 17.4 Å². The number of carbonyl (C=O) groups is 1. The van der Waals surface area contributed by atoms with Crippen LogP contribution in [0.5, 0.6) is 0 Å². The summed E-state index contributed by atoms with van der Waals surface area (Å²) in [4.78, 5) is 16.5. The lowest BCUT2D eigenvalue weighted by molar-refractivity contribution is -0.137. The number of benzene rings is 1. The van der Waals surface area contributed by atoms with Gasteiger partial charge in [0.05, 0.1) is 17.7 Å². The van der Waals surface area contributed by atoms with Crippen LogP contribution in [0.1, 0.15) is 43.9 Å². The van der Waals surface area contributed by atoms with Crippen LogP contribution in [0, 0.1) is 5.41 Å². The molecule has 7 heteroatoms. The molecule has 1 aliphatic carbocycles. The van der Waals surface area contributed by atoms with Gasteiger partial charge in [-0.25, -0.2) is 4.98 Å². The number of rotatable bonds is 5. The summed E-state index contributed by atoms with van der Waals surface area (Å²) in [7, 11) is 0.